The lowest BCUT2D eigenvalue weighted by molar-refractivity contribution is 0.192. The fraction of sp³-hybridized carbons (Fsp3) is 0.0588. The summed E-state index contributed by atoms with van der Waals surface area (Å²) in [6.45, 7) is 0. The monoisotopic (exact) mass is 1230 g/mol. The van der Waals surface area contributed by atoms with Crippen LogP contribution in [0.4, 0.5) is 0 Å². The van der Waals surface area contributed by atoms with E-state index in [1.807, 2.05) is 48.5 Å². The summed E-state index contributed by atoms with van der Waals surface area (Å²) < 4.78 is 68.7. The Hall–Kier alpha value is -6.90. The fourth-order valence-corrected chi connectivity index (χ4v) is 72.5. The summed E-state index contributed by atoms with van der Waals surface area (Å²) in [7, 11) is -31.8. The average molecular weight is 1230 g/mol. The molecule has 6 aliphatic heterocycles. The van der Waals surface area contributed by atoms with Crippen LogP contribution in [0.2, 0.25) is 22.7 Å². The molecule has 0 spiro atoms. The number of hydrogen-bond acceptors (Lipinski definition) is 8. The zero-order chi connectivity index (χ0) is 56.7. The maximum atomic E-state index is 8.60. The van der Waals surface area contributed by atoms with Crippen LogP contribution in [-0.4, -0.2) is 68.5 Å². The fourth-order valence-electron chi connectivity index (χ4n) is 11.8. The summed E-state index contributed by atoms with van der Waals surface area (Å²) >= 11 is 0. The zero-order valence-corrected chi connectivity index (χ0v) is 54.4. The van der Waals surface area contributed by atoms with E-state index in [0.29, 0.717) is 22.7 Å². The van der Waals surface area contributed by atoms with E-state index in [9.17, 15) is 0 Å². The second-order valence-electron chi connectivity index (χ2n) is 22.0. The van der Waals surface area contributed by atoms with Gasteiger partial charge in [-0.25, -0.2) is 0 Å². The summed E-state index contributed by atoms with van der Waals surface area (Å²) in [6, 6.07) is 83.3. The van der Waals surface area contributed by atoms with Gasteiger partial charge in [-0.2, -0.15) is 0 Å². The SMILES string of the molecule is C(=C[Si]12C[Si]3(/C=C/c4ccccc4)O[Si]4(/C=C/c5ccccc5)C[Si]5(/C=C/c6ccccc6)O[Si](/C=C/c6ccccc6)(C[Si](/C=C/c6ccccc6)(O1)O4)O[Si](/C=C/c1ccccc1)(C[Si](/C=C/c1ccccc1)(O3)O5)O2)c1ccccc1. The van der Waals surface area contributed by atoms with Crippen LogP contribution in [0.1, 0.15) is 44.5 Å². The van der Waals surface area contributed by atoms with E-state index in [1.165, 1.54) is 0 Å². The van der Waals surface area contributed by atoms with Gasteiger partial charge in [-0.1, -0.05) is 291 Å². The minimum absolute atomic E-state index is 0.316. The van der Waals surface area contributed by atoms with Gasteiger partial charge in [-0.05, 0) is 90.1 Å². The van der Waals surface area contributed by atoms with Gasteiger partial charge >= 0.3 is 68.5 Å². The van der Waals surface area contributed by atoms with Crippen LogP contribution in [0.15, 0.2) is 288 Å². The topological polar surface area (TPSA) is 73.8 Å². The standard InChI is InChI=1S/C68H64O8Si8/c1-9-25-61(26-10-1)41-49-77-57-78(50-42-62-27-11-2-12-28-62)70-81(53-45-65-33-17-5-18-34-65)58-79(69-77,51-43-63-29-13-3-14-30-63)75-82(54-46-66-35-19-6-20-36-66)59-80(73-77,52-44-64-31-15-4-16-32-64)71-83(74-78,55-47-67-37-21-7-22-38-67)60-84(72-82,76-81)56-48-68-39-23-8-24-40-68/h1-56H,57-60H2/b49-41+,50-42+,51-43+,52-44+,53-45+,54-46+,55-47+,56-48?. The maximum Gasteiger partial charge on any atom is 0.350 e. The lowest BCUT2D eigenvalue weighted by Gasteiger charge is -2.63. The van der Waals surface area contributed by atoms with Crippen LogP contribution in [0, 0.1) is 0 Å². The summed E-state index contributed by atoms with van der Waals surface area (Å²) in [6.07, 6.45) is 17.4. The summed E-state index contributed by atoms with van der Waals surface area (Å²) in [5, 5.41) is 0. The minimum atomic E-state index is -3.97. The molecule has 0 N–H and O–H groups in total. The molecule has 8 atom stereocenters. The highest BCUT2D eigenvalue weighted by atomic mass is 28.6. The lowest BCUT2D eigenvalue weighted by atomic mass is 10.2. The minimum Gasteiger partial charge on any atom is -0.409 e. The van der Waals surface area contributed by atoms with Gasteiger partial charge in [0.15, 0.2) is 0 Å². The molecule has 0 aliphatic carbocycles. The van der Waals surface area contributed by atoms with Gasteiger partial charge in [-0.3, -0.25) is 0 Å². The van der Waals surface area contributed by atoms with Gasteiger partial charge in [0.2, 0.25) is 0 Å². The number of rotatable bonds is 16. The summed E-state index contributed by atoms with van der Waals surface area (Å²) in [5.41, 5.74) is 27.3. The van der Waals surface area contributed by atoms with Gasteiger partial charge in [0.1, 0.15) is 0 Å². The first-order chi connectivity index (χ1) is 41.1. The van der Waals surface area contributed by atoms with Crippen molar-refractivity contribution < 1.29 is 32.9 Å². The molecule has 0 saturated carbocycles. The summed E-state index contributed by atoms with van der Waals surface area (Å²) in [5.74, 6) is 0. The molecule has 0 aromatic heterocycles. The second-order valence-corrected chi connectivity index (χ2v) is 49.8. The first kappa shape index (κ1) is 56.2. The Morgan fingerprint density at radius 2 is 0.274 bits per heavy atom. The molecule has 84 heavy (non-hydrogen) atoms. The smallest absolute Gasteiger partial charge is 0.350 e. The van der Waals surface area contributed by atoms with E-state index in [4.69, 9.17) is 32.9 Å². The highest BCUT2D eigenvalue weighted by Crippen LogP contribution is 2.55. The highest BCUT2D eigenvalue weighted by molar-refractivity contribution is 7.17. The van der Waals surface area contributed by atoms with Crippen molar-refractivity contribution in [1.82, 2.24) is 0 Å². The molecule has 0 radical (unpaired) electrons. The van der Waals surface area contributed by atoms with E-state index in [-0.39, 0.29) is 0 Å². The Labute approximate surface area is 502 Å². The average Bonchev–Trinajstić information content (AvgIpc) is 0.778. The number of benzene rings is 8. The molecular weight excluding hydrogens is 1170 g/mol. The first-order valence-electron chi connectivity index (χ1n) is 28.7. The van der Waals surface area contributed by atoms with Crippen molar-refractivity contribution in [2.45, 2.75) is 22.7 Å². The lowest BCUT2D eigenvalue weighted by Crippen LogP contribution is -2.83. The molecule has 8 unspecified atom stereocenters. The summed E-state index contributed by atoms with van der Waals surface area (Å²) in [4.78, 5) is 0. The molecule has 8 aromatic rings. The molecule has 14 rings (SSSR count). The van der Waals surface area contributed by atoms with E-state index < -0.39 is 68.5 Å². The third-order valence-electron chi connectivity index (χ3n) is 15.4. The Balaban J connectivity index is 1.17. The van der Waals surface area contributed by atoms with Crippen LogP contribution < -0.4 is 0 Å². The molecule has 6 heterocycles. The molecule has 0 amide bonds. The van der Waals surface area contributed by atoms with E-state index in [0.717, 1.165) is 44.5 Å². The van der Waals surface area contributed by atoms with Gasteiger partial charge in [0.25, 0.3) is 0 Å². The maximum absolute atomic E-state index is 8.60. The molecule has 16 heteroatoms. The van der Waals surface area contributed by atoms with Crippen molar-refractivity contribution in [2.75, 3.05) is 0 Å². The Morgan fingerprint density at radius 1 is 0.167 bits per heavy atom. The van der Waals surface area contributed by atoms with E-state index in [1.54, 1.807) is 0 Å². The van der Waals surface area contributed by atoms with Crippen LogP contribution in [0.25, 0.3) is 48.6 Å². The molecule has 6 saturated heterocycles. The second kappa shape index (κ2) is 24.2. The van der Waals surface area contributed by atoms with Crippen molar-refractivity contribution in [3.63, 3.8) is 0 Å². The predicted molar refractivity (Wildman–Crippen MR) is 358 cm³/mol. The Bertz CT molecular complexity index is 2960. The molecule has 8 bridgehead atoms. The zero-order valence-electron chi connectivity index (χ0n) is 46.4. The van der Waals surface area contributed by atoms with E-state index >= 15 is 0 Å². The van der Waals surface area contributed by atoms with Crippen LogP contribution >= 0.6 is 0 Å². The Morgan fingerprint density at radius 3 is 0.381 bits per heavy atom. The van der Waals surface area contributed by atoms with E-state index in [2.05, 4.69) is 288 Å². The van der Waals surface area contributed by atoms with Gasteiger partial charge in [0.05, 0.1) is 0 Å². The normalized spacial score (nSPS) is 30.3. The molecule has 8 aromatic carbocycles. The quantitative estimate of drug-likeness (QED) is 0.0886. The van der Waals surface area contributed by atoms with Crippen LogP contribution in [0.3, 0.4) is 0 Å². The van der Waals surface area contributed by atoms with Crippen LogP contribution in [0.5, 0.6) is 0 Å². The first-order valence-corrected chi connectivity index (χ1v) is 45.5. The molecule has 416 valence electrons. The van der Waals surface area contributed by atoms with Gasteiger partial charge in [0, 0.05) is 22.7 Å². The van der Waals surface area contributed by atoms with Crippen molar-refractivity contribution in [3.8, 4) is 0 Å². The van der Waals surface area contributed by atoms with Crippen molar-refractivity contribution in [3.05, 3.63) is 333 Å². The largest absolute Gasteiger partial charge is 0.409 e. The number of hydrogen-bond donors (Lipinski definition) is 0. The molecular formula is C68H64O8Si8. The highest BCUT2D eigenvalue weighted by Gasteiger charge is 2.77. The third-order valence-corrected chi connectivity index (χ3v) is 58.6. The molecule has 6 fully saturated rings. The Kier molecular flexibility index (Phi) is 16.2. The third kappa shape index (κ3) is 13.1. The predicted octanol–water partition coefficient (Wildman–Crippen LogP) is 15.9. The van der Waals surface area contributed by atoms with Crippen LogP contribution in [-0.2, 0) is 32.9 Å². The van der Waals surface area contributed by atoms with Gasteiger partial charge < -0.3 is 32.9 Å². The van der Waals surface area contributed by atoms with Crippen molar-refractivity contribution >= 4 is 117 Å². The molecule has 6 aliphatic rings. The van der Waals surface area contributed by atoms with Crippen molar-refractivity contribution in [1.29, 1.82) is 0 Å². The molecule has 8 nitrogen and oxygen atoms in total. The van der Waals surface area contributed by atoms with Crippen molar-refractivity contribution in [2.24, 2.45) is 0 Å². The van der Waals surface area contributed by atoms with Gasteiger partial charge in [-0.15, -0.1) is 0 Å².